The van der Waals surface area contributed by atoms with E-state index in [0.29, 0.717) is 32.7 Å². The Morgan fingerprint density at radius 1 is 1.03 bits per heavy atom. The van der Waals surface area contributed by atoms with Crippen LogP contribution in [0.2, 0.25) is 10.0 Å². The van der Waals surface area contributed by atoms with Gasteiger partial charge in [-0.2, -0.15) is 0 Å². The van der Waals surface area contributed by atoms with Crippen molar-refractivity contribution in [2.75, 3.05) is 51.6 Å². The molecular weight excluding hydrogens is 462 g/mol. The fraction of sp³-hybridized carbons (Fsp3) is 0.320. The SMILES string of the molecule is CN1CCN(CCCNc2cc(-c3c(Cl)cccc3Cl)cc(-c3cc(F)ccc3O)n2)CC1. The molecule has 0 spiro atoms. The monoisotopic (exact) mass is 488 g/mol. The van der Waals surface area contributed by atoms with Crippen LogP contribution in [0.4, 0.5) is 10.2 Å². The number of pyridine rings is 1. The molecule has 0 unspecified atom stereocenters. The van der Waals surface area contributed by atoms with Gasteiger partial charge >= 0.3 is 0 Å². The van der Waals surface area contributed by atoms with Gasteiger partial charge in [-0.25, -0.2) is 9.37 Å². The van der Waals surface area contributed by atoms with Gasteiger partial charge in [-0.05, 0) is 68.0 Å². The second-order valence-corrected chi connectivity index (χ2v) is 9.12. The number of aromatic hydroxyl groups is 1. The summed E-state index contributed by atoms with van der Waals surface area (Å²) in [5.74, 6) is 0.111. The number of anilines is 1. The zero-order chi connectivity index (χ0) is 23.4. The van der Waals surface area contributed by atoms with Crippen LogP contribution in [0.3, 0.4) is 0 Å². The smallest absolute Gasteiger partial charge is 0.127 e. The lowest BCUT2D eigenvalue weighted by atomic mass is 10.0. The first-order chi connectivity index (χ1) is 15.9. The average Bonchev–Trinajstić information content (AvgIpc) is 2.79. The van der Waals surface area contributed by atoms with E-state index in [1.54, 1.807) is 24.3 Å². The third kappa shape index (κ3) is 5.95. The number of benzene rings is 2. The van der Waals surface area contributed by atoms with E-state index in [1.165, 1.54) is 18.2 Å². The number of nitrogens with one attached hydrogen (secondary N) is 1. The van der Waals surface area contributed by atoms with Gasteiger partial charge < -0.3 is 20.2 Å². The molecule has 174 valence electrons. The summed E-state index contributed by atoms with van der Waals surface area (Å²) in [7, 11) is 2.15. The predicted octanol–water partition coefficient (Wildman–Crippen LogP) is 5.62. The molecular formula is C25H27Cl2FN4O. The molecule has 5 nitrogen and oxygen atoms in total. The van der Waals surface area contributed by atoms with Crippen LogP contribution in [0.1, 0.15) is 6.42 Å². The number of aromatic nitrogens is 1. The van der Waals surface area contributed by atoms with Crippen molar-refractivity contribution in [1.82, 2.24) is 14.8 Å². The maximum absolute atomic E-state index is 13.9. The lowest BCUT2D eigenvalue weighted by molar-refractivity contribution is 0.154. The minimum atomic E-state index is -0.451. The molecule has 0 atom stereocenters. The van der Waals surface area contributed by atoms with Gasteiger partial charge in [-0.15, -0.1) is 0 Å². The molecule has 0 radical (unpaired) electrons. The van der Waals surface area contributed by atoms with Crippen LogP contribution >= 0.6 is 23.2 Å². The quantitative estimate of drug-likeness (QED) is 0.422. The Bertz CT molecular complexity index is 1100. The van der Waals surface area contributed by atoms with Crippen molar-refractivity contribution >= 4 is 29.0 Å². The predicted molar refractivity (Wildman–Crippen MR) is 134 cm³/mol. The van der Waals surface area contributed by atoms with E-state index in [-0.39, 0.29) is 5.75 Å². The zero-order valence-corrected chi connectivity index (χ0v) is 20.0. The highest BCUT2D eigenvalue weighted by Crippen LogP contribution is 2.38. The van der Waals surface area contributed by atoms with E-state index in [1.807, 2.05) is 6.07 Å². The molecule has 0 bridgehead atoms. The summed E-state index contributed by atoms with van der Waals surface area (Å²) in [6.07, 6.45) is 0.961. The van der Waals surface area contributed by atoms with Gasteiger partial charge in [0.15, 0.2) is 0 Å². The van der Waals surface area contributed by atoms with Gasteiger partial charge in [0.25, 0.3) is 0 Å². The maximum atomic E-state index is 13.9. The van der Waals surface area contributed by atoms with Crippen LogP contribution in [0.15, 0.2) is 48.5 Å². The Labute approximate surface area is 203 Å². The molecule has 0 amide bonds. The molecule has 0 saturated carbocycles. The summed E-state index contributed by atoms with van der Waals surface area (Å²) >= 11 is 12.9. The fourth-order valence-electron chi connectivity index (χ4n) is 3.98. The topological polar surface area (TPSA) is 51.6 Å². The molecule has 2 heterocycles. The third-order valence-electron chi connectivity index (χ3n) is 5.86. The summed E-state index contributed by atoms with van der Waals surface area (Å²) in [4.78, 5) is 9.44. The Morgan fingerprint density at radius 2 is 1.76 bits per heavy atom. The lowest BCUT2D eigenvalue weighted by Crippen LogP contribution is -2.44. The van der Waals surface area contributed by atoms with Crippen molar-refractivity contribution in [1.29, 1.82) is 0 Å². The van der Waals surface area contributed by atoms with Crippen molar-refractivity contribution in [3.63, 3.8) is 0 Å². The minimum Gasteiger partial charge on any atom is -0.507 e. The molecule has 1 aliphatic rings. The molecule has 0 aliphatic carbocycles. The number of hydrogen-bond donors (Lipinski definition) is 2. The van der Waals surface area contributed by atoms with Gasteiger partial charge in [0.05, 0.1) is 5.69 Å². The zero-order valence-electron chi connectivity index (χ0n) is 18.5. The standard InChI is InChI=1S/C25H27Cl2FN4O/c1-31-10-12-32(13-11-31)9-3-8-29-24-15-17(25-20(26)4-2-5-21(25)27)14-22(30-24)19-16-18(28)6-7-23(19)33/h2,4-7,14-16,33H,3,8-13H2,1H3,(H,29,30). The van der Waals surface area contributed by atoms with E-state index in [0.717, 1.165) is 51.3 Å². The van der Waals surface area contributed by atoms with Gasteiger partial charge in [-0.3, -0.25) is 0 Å². The number of likely N-dealkylation sites (N-methyl/N-ethyl adjacent to an activating group) is 1. The van der Waals surface area contributed by atoms with Gasteiger partial charge in [0.2, 0.25) is 0 Å². The fourth-order valence-corrected chi connectivity index (χ4v) is 4.60. The largest absolute Gasteiger partial charge is 0.507 e. The average molecular weight is 489 g/mol. The number of phenols is 1. The highest BCUT2D eigenvalue weighted by Gasteiger charge is 2.16. The van der Waals surface area contributed by atoms with Crippen molar-refractivity contribution in [3.05, 3.63) is 64.4 Å². The molecule has 1 aliphatic heterocycles. The number of hydrogen-bond acceptors (Lipinski definition) is 5. The number of nitrogens with zero attached hydrogens (tertiary/aromatic N) is 3. The molecule has 2 N–H and O–H groups in total. The van der Waals surface area contributed by atoms with E-state index in [9.17, 15) is 9.50 Å². The highest BCUT2D eigenvalue weighted by atomic mass is 35.5. The lowest BCUT2D eigenvalue weighted by Gasteiger charge is -2.32. The van der Waals surface area contributed by atoms with E-state index >= 15 is 0 Å². The third-order valence-corrected chi connectivity index (χ3v) is 6.49. The summed E-state index contributed by atoms with van der Waals surface area (Å²) in [6, 6.07) is 12.8. The molecule has 1 fully saturated rings. The van der Waals surface area contributed by atoms with Crippen molar-refractivity contribution in [3.8, 4) is 28.1 Å². The number of halogens is 3. The van der Waals surface area contributed by atoms with Crippen LogP contribution in [-0.4, -0.2) is 66.2 Å². The second-order valence-electron chi connectivity index (χ2n) is 8.31. The maximum Gasteiger partial charge on any atom is 0.127 e. The van der Waals surface area contributed by atoms with Crippen LogP contribution in [0, 0.1) is 5.82 Å². The van der Waals surface area contributed by atoms with Crippen LogP contribution in [0.25, 0.3) is 22.4 Å². The minimum absolute atomic E-state index is 0.0488. The number of rotatable bonds is 7. The van der Waals surface area contributed by atoms with Crippen LogP contribution in [-0.2, 0) is 0 Å². The summed E-state index contributed by atoms with van der Waals surface area (Å²) < 4.78 is 13.9. The molecule has 2 aromatic carbocycles. The first kappa shape index (κ1) is 23.8. The number of phenolic OH excluding ortho intramolecular Hbond substituents is 1. The van der Waals surface area contributed by atoms with Gasteiger partial charge in [0.1, 0.15) is 17.4 Å². The van der Waals surface area contributed by atoms with E-state index in [2.05, 4.69) is 27.1 Å². The van der Waals surface area contributed by atoms with Crippen molar-refractivity contribution in [2.24, 2.45) is 0 Å². The molecule has 33 heavy (non-hydrogen) atoms. The summed E-state index contributed by atoms with van der Waals surface area (Å²) in [5, 5.41) is 14.7. The Hall–Kier alpha value is -2.38. The van der Waals surface area contributed by atoms with Crippen molar-refractivity contribution in [2.45, 2.75) is 6.42 Å². The van der Waals surface area contributed by atoms with Crippen molar-refractivity contribution < 1.29 is 9.50 Å². The number of piperazine rings is 1. The molecule has 3 aromatic rings. The Balaban J connectivity index is 1.59. The first-order valence-corrected chi connectivity index (χ1v) is 11.8. The highest BCUT2D eigenvalue weighted by molar-refractivity contribution is 6.39. The second kappa shape index (κ2) is 10.7. The normalized spacial score (nSPS) is 15.0. The summed E-state index contributed by atoms with van der Waals surface area (Å²) in [5.41, 5.74) is 2.14. The molecule has 8 heteroatoms. The van der Waals surface area contributed by atoms with E-state index in [4.69, 9.17) is 23.2 Å². The van der Waals surface area contributed by atoms with Crippen LogP contribution < -0.4 is 5.32 Å². The van der Waals surface area contributed by atoms with E-state index < -0.39 is 5.82 Å². The Kier molecular flexibility index (Phi) is 7.71. The molecule has 1 saturated heterocycles. The molecule has 1 aromatic heterocycles. The summed E-state index contributed by atoms with van der Waals surface area (Å²) in [6.45, 7) is 6.09. The van der Waals surface area contributed by atoms with Gasteiger partial charge in [-0.1, -0.05) is 29.3 Å². The molecule has 4 rings (SSSR count). The first-order valence-electron chi connectivity index (χ1n) is 11.0. The van der Waals surface area contributed by atoms with Crippen LogP contribution in [0.5, 0.6) is 5.75 Å². The Morgan fingerprint density at radius 3 is 2.48 bits per heavy atom. The van der Waals surface area contributed by atoms with Gasteiger partial charge in [0, 0.05) is 53.9 Å².